The van der Waals surface area contributed by atoms with Gasteiger partial charge in [-0.3, -0.25) is 4.99 Å². The second-order valence-electron chi connectivity index (χ2n) is 5.48. The summed E-state index contributed by atoms with van der Waals surface area (Å²) in [6.07, 6.45) is 5.28. The highest BCUT2D eigenvalue weighted by atomic mass is 127. The van der Waals surface area contributed by atoms with E-state index < -0.39 is 0 Å². The molecule has 2 fully saturated rings. The zero-order valence-corrected chi connectivity index (χ0v) is 14.5. The molecule has 18 heavy (non-hydrogen) atoms. The average molecular weight is 383 g/mol. The quantitative estimate of drug-likeness (QED) is 0.453. The van der Waals surface area contributed by atoms with Gasteiger partial charge in [-0.25, -0.2) is 0 Å². The van der Waals surface area contributed by atoms with E-state index in [2.05, 4.69) is 28.6 Å². The van der Waals surface area contributed by atoms with E-state index in [0.29, 0.717) is 0 Å². The molecule has 0 aliphatic carbocycles. The van der Waals surface area contributed by atoms with E-state index in [4.69, 9.17) is 5.73 Å². The van der Waals surface area contributed by atoms with Crippen molar-refractivity contribution < 1.29 is 0 Å². The number of piperidine rings is 1. The lowest BCUT2D eigenvalue weighted by Crippen LogP contribution is -2.43. The maximum Gasteiger partial charge on any atom is 0.191 e. The number of halogens is 1. The Balaban J connectivity index is 0.00000162. The molecule has 0 aromatic heterocycles. The van der Waals surface area contributed by atoms with Crippen molar-refractivity contribution in [3.63, 3.8) is 0 Å². The molecule has 3 nitrogen and oxygen atoms in total. The smallest absolute Gasteiger partial charge is 0.191 e. The van der Waals surface area contributed by atoms with Crippen LogP contribution in [0.3, 0.4) is 0 Å². The van der Waals surface area contributed by atoms with Crippen LogP contribution in [0.1, 0.15) is 32.6 Å². The summed E-state index contributed by atoms with van der Waals surface area (Å²) >= 11 is 2.07. The molecule has 2 rings (SSSR count). The minimum absolute atomic E-state index is 0. The van der Waals surface area contributed by atoms with Gasteiger partial charge < -0.3 is 10.6 Å². The summed E-state index contributed by atoms with van der Waals surface area (Å²) < 4.78 is 0. The van der Waals surface area contributed by atoms with E-state index in [-0.39, 0.29) is 24.0 Å². The second kappa shape index (κ2) is 8.51. The summed E-state index contributed by atoms with van der Waals surface area (Å²) in [5.41, 5.74) is 6.10. The SMILES string of the molecule is CC1CCCN(C(N)=NCC2CCCSC2)C1.I. The summed E-state index contributed by atoms with van der Waals surface area (Å²) in [7, 11) is 0. The molecule has 5 heteroatoms. The van der Waals surface area contributed by atoms with Crippen molar-refractivity contribution in [2.75, 3.05) is 31.1 Å². The van der Waals surface area contributed by atoms with Gasteiger partial charge in [-0.05, 0) is 49.0 Å². The minimum atomic E-state index is 0. The largest absolute Gasteiger partial charge is 0.370 e. The first-order valence-corrected chi connectivity index (χ1v) is 8.04. The third-order valence-corrected chi connectivity index (χ3v) is 5.03. The van der Waals surface area contributed by atoms with Gasteiger partial charge >= 0.3 is 0 Å². The fraction of sp³-hybridized carbons (Fsp3) is 0.923. The van der Waals surface area contributed by atoms with E-state index in [1.165, 1.54) is 37.2 Å². The number of hydrogen-bond acceptors (Lipinski definition) is 2. The maximum atomic E-state index is 6.10. The van der Waals surface area contributed by atoms with E-state index in [1.54, 1.807) is 0 Å². The summed E-state index contributed by atoms with van der Waals surface area (Å²) in [6, 6.07) is 0. The number of nitrogens with two attached hydrogens (primary N) is 1. The summed E-state index contributed by atoms with van der Waals surface area (Å²) in [5.74, 6) is 4.91. The van der Waals surface area contributed by atoms with Crippen molar-refractivity contribution in [2.45, 2.75) is 32.6 Å². The number of rotatable bonds is 2. The monoisotopic (exact) mass is 383 g/mol. The molecular weight excluding hydrogens is 357 g/mol. The molecule has 2 heterocycles. The Kier molecular flexibility index (Phi) is 7.75. The molecule has 2 atom stereocenters. The Hall–Kier alpha value is 0.350. The number of likely N-dealkylation sites (tertiary alicyclic amines) is 1. The highest BCUT2D eigenvalue weighted by molar-refractivity contribution is 14.0. The Labute approximate surface area is 132 Å². The predicted octanol–water partition coefficient (Wildman–Crippen LogP) is 2.79. The first-order chi connectivity index (χ1) is 8.25. The highest BCUT2D eigenvalue weighted by Gasteiger charge is 2.18. The van der Waals surface area contributed by atoms with Crippen molar-refractivity contribution in [1.29, 1.82) is 0 Å². The average Bonchev–Trinajstić information content (AvgIpc) is 2.37. The normalized spacial score (nSPS) is 29.8. The molecular formula is C13H26IN3S. The number of guanidine groups is 1. The maximum absolute atomic E-state index is 6.10. The Morgan fingerprint density at radius 2 is 2.22 bits per heavy atom. The Morgan fingerprint density at radius 1 is 1.39 bits per heavy atom. The molecule has 2 unspecified atom stereocenters. The minimum Gasteiger partial charge on any atom is -0.370 e. The van der Waals surface area contributed by atoms with Gasteiger partial charge in [-0.15, -0.1) is 24.0 Å². The van der Waals surface area contributed by atoms with Gasteiger partial charge in [0.1, 0.15) is 0 Å². The molecule has 0 saturated carbocycles. The van der Waals surface area contributed by atoms with Crippen LogP contribution in [0.5, 0.6) is 0 Å². The number of thioether (sulfide) groups is 1. The second-order valence-corrected chi connectivity index (χ2v) is 6.63. The fourth-order valence-electron chi connectivity index (χ4n) is 2.67. The van der Waals surface area contributed by atoms with Crippen LogP contribution in [-0.4, -0.2) is 42.0 Å². The van der Waals surface area contributed by atoms with E-state index in [0.717, 1.165) is 37.4 Å². The van der Waals surface area contributed by atoms with Crippen LogP contribution in [0.2, 0.25) is 0 Å². The van der Waals surface area contributed by atoms with Gasteiger partial charge in [0.25, 0.3) is 0 Å². The zero-order valence-electron chi connectivity index (χ0n) is 11.3. The van der Waals surface area contributed by atoms with Crippen LogP contribution < -0.4 is 5.73 Å². The molecule has 2 aliphatic heterocycles. The summed E-state index contributed by atoms with van der Waals surface area (Å²) in [4.78, 5) is 6.88. The van der Waals surface area contributed by atoms with Crippen molar-refractivity contribution in [1.82, 2.24) is 4.90 Å². The molecule has 0 radical (unpaired) electrons. The molecule has 2 aliphatic rings. The van der Waals surface area contributed by atoms with Crippen molar-refractivity contribution in [3.8, 4) is 0 Å². The van der Waals surface area contributed by atoms with Crippen LogP contribution in [0.4, 0.5) is 0 Å². The van der Waals surface area contributed by atoms with Crippen LogP contribution in [0.15, 0.2) is 4.99 Å². The van der Waals surface area contributed by atoms with Gasteiger partial charge in [0.2, 0.25) is 0 Å². The number of hydrogen-bond donors (Lipinski definition) is 1. The van der Waals surface area contributed by atoms with Crippen molar-refractivity contribution >= 4 is 41.7 Å². The van der Waals surface area contributed by atoms with Crippen LogP contribution in [0, 0.1) is 11.8 Å². The zero-order chi connectivity index (χ0) is 12.1. The van der Waals surface area contributed by atoms with Crippen molar-refractivity contribution in [2.24, 2.45) is 22.6 Å². The highest BCUT2D eigenvalue weighted by Crippen LogP contribution is 2.22. The van der Waals surface area contributed by atoms with Gasteiger partial charge in [-0.2, -0.15) is 11.8 Å². The Bertz CT molecular complexity index is 267. The summed E-state index contributed by atoms with van der Waals surface area (Å²) in [5, 5.41) is 0. The fourth-order valence-corrected chi connectivity index (χ4v) is 3.81. The van der Waals surface area contributed by atoms with Crippen LogP contribution in [-0.2, 0) is 0 Å². The lowest BCUT2D eigenvalue weighted by molar-refractivity contribution is 0.270. The molecule has 0 aromatic rings. The van der Waals surface area contributed by atoms with Gasteiger partial charge in [0.15, 0.2) is 5.96 Å². The Morgan fingerprint density at radius 3 is 2.89 bits per heavy atom. The van der Waals surface area contributed by atoms with Gasteiger partial charge in [-0.1, -0.05) is 6.92 Å². The summed E-state index contributed by atoms with van der Waals surface area (Å²) in [6.45, 7) is 5.43. The van der Waals surface area contributed by atoms with Crippen LogP contribution >= 0.6 is 35.7 Å². The topological polar surface area (TPSA) is 41.6 Å². The van der Waals surface area contributed by atoms with Gasteiger partial charge in [0, 0.05) is 19.6 Å². The third kappa shape index (κ3) is 5.15. The standard InChI is InChI=1S/C13H25N3S.HI/c1-11-4-2-6-16(9-11)13(14)15-8-12-5-3-7-17-10-12;/h11-12H,2-10H2,1H3,(H2,14,15);1H. The first kappa shape index (κ1) is 16.4. The van der Waals surface area contributed by atoms with Gasteiger partial charge in [0.05, 0.1) is 0 Å². The molecule has 2 N–H and O–H groups in total. The third-order valence-electron chi connectivity index (χ3n) is 3.75. The van der Waals surface area contributed by atoms with Crippen molar-refractivity contribution in [3.05, 3.63) is 0 Å². The van der Waals surface area contributed by atoms with E-state index in [9.17, 15) is 0 Å². The predicted molar refractivity (Wildman–Crippen MR) is 91.9 cm³/mol. The first-order valence-electron chi connectivity index (χ1n) is 6.88. The molecule has 0 bridgehead atoms. The number of aliphatic imine (C=N–C) groups is 1. The number of nitrogens with zero attached hydrogens (tertiary/aromatic N) is 2. The molecule has 2 saturated heterocycles. The van der Waals surface area contributed by atoms with Crippen LogP contribution in [0.25, 0.3) is 0 Å². The molecule has 0 spiro atoms. The lowest BCUT2D eigenvalue weighted by Gasteiger charge is -2.32. The molecule has 0 aromatic carbocycles. The lowest BCUT2D eigenvalue weighted by atomic mass is 10.0. The van der Waals surface area contributed by atoms with E-state index in [1.807, 2.05) is 0 Å². The molecule has 106 valence electrons. The van der Waals surface area contributed by atoms with E-state index >= 15 is 0 Å². The molecule has 0 amide bonds.